The molecule has 10 heteroatoms. The Bertz CT molecular complexity index is 575. The van der Waals surface area contributed by atoms with Crippen LogP contribution in [-0.4, -0.2) is 75.2 Å². The number of hydrogen-bond acceptors (Lipinski definition) is 5. The molecule has 0 saturated carbocycles. The lowest BCUT2D eigenvalue weighted by Gasteiger charge is -2.23. The van der Waals surface area contributed by atoms with Crippen LogP contribution in [0.5, 0.6) is 0 Å². The number of amides is 1. The monoisotopic (exact) mass is 504 g/mol. The standard InChI is InChI=1S/C16H32N4O4S.HI/c1-6-17-14(18-9-7-11-25(5,22)23)20-10-8-13(12-20)19-15(21)24-16(2,3)4;/h13H,6-12H2,1-5H3,(H,17,18)(H,19,21);1H. The lowest BCUT2D eigenvalue weighted by molar-refractivity contribution is 0.0507. The molecule has 8 nitrogen and oxygen atoms in total. The highest BCUT2D eigenvalue weighted by Gasteiger charge is 2.27. The van der Waals surface area contributed by atoms with Gasteiger partial charge in [-0.15, -0.1) is 24.0 Å². The van der Waals surface area contributed by atoms with E-state index in [9.17, 15) is 13.2 Å². The minimum absolute atomic E-state index is 0. The summed E-state index contributed by atoms with van der Waals surface area (Å²) in [5.41, 5.74) is -0.516. The third-order valence-corrected chi connectivity index (χ3v) is 4.51. The van der Waals surface area contributed by atoms with Crippen molar-refractivity contribution in [3.05, 3.63) is 0 Å². The summed E-state index contributed by atoms with van der Waals surface area (Å²) in [6.45, 7) is 10.1. The van der Waals surface area contributed by atoms with E-state index < -0.39 is 21.5 Å². The Balaban J connectivity index is 0.00000625. The number of alkyl carbamates (subject to hydrolysis) is 1. The molecule has 1 atom stereocenters. The van der Waals surface area contributed by atoms with Crippen LogP contribution in [0.3, 0.4) is 0 Å². The van der Waals surface area contributed by atoms with Crippen molar-refractivity contribution in [2.75, 3.05) is 38.2 Å². The summed E-state index contributed by atoms with van der Waals surface area (Å²) in [6.07, 6.45) is 2.14. The molecule has 0 bridgehead atoms. The first-order chi connectivity index (χ1) is 11.5. The summed E-state index contributed by atoms with van der Waals surface area (Å²) in [4.78, 5) is 18.4. The van der Waals surface area contributed by atoms with Crippen molar-refractivity contribution >= 4 is 45.9 Å². The summed E-state index contributed by atoms with van der Waals surface area (Å²) in [6, 6.07) is 0.00901. The molecule has 1 unspecified atom stereocenters. The van der Waals surface area contributed by atoms with E-state index in [2.05, 4.69) is 20.5 Å². The third kappa shape index (κ3) is 11.0. The molecule has 0 spiro atoms. The molecule has 1 aliphatic heterocycles. The highest BCUT2D eigenvalue weighted by atomic mass is 127. The van der Waals surface area contributed by atoms with Crippen LogP contribution in [0.1, 0.15) is 40.5 Å². The fraction of sp³-hybridized carbons (Fsp3) is 0.875. The number of nitrogens with zero attached hydrogens (tertiary/aromatic N) is 2. The van der Waals surface area contributed by atoms with E-state index in [-0.39, 0.29) is 35.8 Å². The molecular formula is C16H33IN4O4S. The maximum Gasteiger partial charge on any atom is 0.407 e. The van der Waals surface area contributed by atoms with Crippen LogP contribution in [-0.2, 0) is 14.6 Å². The van der Waals surface area contributed by atoms with Crippen molar-refractivity contribution in [1.29, 1.82) is 0 Å². The van der Waals surface area contributed by atoms with Crippen LogP contribution >= 0.6 is 24.0 Å². The molecule has 1 heterocycles. The molecule has 1 amide bonds. The van der Waals surface area contributed by atoms with Gasteiger partial charge in [0.05, 0.1) is 11.8 Å². The van der Waals surface area contributed by atoms with Gasteiger partial charge in [-0.3, -0.25) is 4.99 Å². The predicted molar refractivity (Wildman–Crippen MR) is 115 cm³/mol. The van der Waals surface area contributed by atoms with Crippen molar-refractivity contribution in [3.63, 3.8) is 0 Å². The van der Waals surface area contributed by atoms with E-state index in [0.717, 1.165) is 25.5 Å². The van der Waals surface area contributed by atoms with Crippen LogP contribution in [0.25, 0.3) is 0 Å². The van der Waals surface area contributed by atoms with Gasteiger partial charge in [0.1, 0.15) is 15.4 Å². The first-order valence-electron chi connectivity index (χ1n) is 8.70. The Hall–Kier alpha value is -0.780. The summed E-state index contributed by atoms with van der Waals surface area (Å²) in [5.74, 6) is 0.892. The number of guanidine groups is 1. The van der Waals surface area contributed by atoms with E-state index in [1.54, 1.807) is 0 Å². The second kappa shape index (κ2) is 11.2. The van der Waals surface area contributed by atoms with E-state index in [1.165, 1.54) is 6.26 Å². The van der Waals surface area contributed by atoms with Gasteiger partial charge in [-0.05, 0) is 40.5 Å². The van der Waals surface area contributed by atoms with Crippen LogP contribution in [0.2, 0.25) is 0 Å². The Morgan fingerprint density at radius 2 is 2.00 bits per heavy atom. The van der Waals surface area contributed by atoms with E-state index in [4.69, 9.17) is 4.74 Å². The average Bonchev–Trinajstić information content (AvgIpc) is 2.87. The average molecular weight is 504 g/mol. The zero-order valence-corrected chi connectivity index (χ0v) is 19.5. The number of carbonyl (C=O) groups is 1. The quantitative estimate of drug-likeness (QED) is 0.247. The predicted octanol–water partition coefficient (Wildman–Crippen LogP) is 1.60. The SMILES string of the molecule is CCNC(=NCCCS(C)(=O)=O)N1CCC(NC(=O)OC(C)(C)C)C1.I. The van der Waals surface area contributed by atoms with Gasteiger partial charge in [-0.1, -0.05) is 0 Å². The Morgan fingerprint density at radius 1 is 1.35 bits per heavy atom. The van der Waals surface area contributed by atoms with E-state index >= 15 is 0 Å². The number of rotatable bonds is 6. The van der Waals surface area contributed by atoms with Gasteiger partial charge in [-0.25, -0.2) is 13.2 Å². The molecule has 0 aromatic heterocycles. The third-order valence-electron chi connectivity index (χ3n) is 3.48. The van der Waals surface area contributed by atoms with Crippen molar-refractivity contribution in [1.82, 2.24) is 15.5 Å². The first kappa shape index (κ1) is 25.2. The number of likely N-dealkylation sites (tertiary alicyclic amines) is 1. The number of sulfone groups is 1. The summed E-state index contributed by atoms with van der Waals surface area (Å²) in [7, 11) is -2.96. The van der Waals surface area contributed by atoms with Gasteiger partial charge in [0.25, 0.3) is 0 Å². The maximum atomic E-state index is 11.9. The molecule has 0 aromatic rings. The number of halogens is 1. The molecule has 0 radical (unpaired) electrons. The van der Waals surface area contributed by atoms with Crippen LogP contribution in [0.15, 0.2) is 4.99 Å². The van der Waals surface area contributed by atoms with Gasteiger partial charge < -0.3 is 20.3 Å². The van der Waals surface area contributed by atoms with Crippen molar-refractivity contribution < 1.29 is 17.9 Å². The van der Waals surface area contributed by atoms with E-state index in [1.807, 2.05) is 27.7 Å². The normalized spacial score (nSPS) is 18.3. The van der Waals surface area contributed by atoms with Crippen LogP contribution in [0, 0.1) is 0 Å². The lowest BCUT2D eigenvalue weighted by atomic mass is 10.2. The lowest BCUT2D eigenvalue weighted by Crippen LogP contribution is -2.44. The minimum Gasteiger partial charge on any atom is -0.444 e. The van der Waals surface area contributed by atoms with Crippen molar-refractivity contribution in [2.24, 2.45) is 4.99 Å². The number of nitrogens with one attached hydrogen (secondary N) is 2. The number of ether oxygens (including phenoxy) is 1. The summed E-state index contributed by atoms with van der Waals surface area (Å²) >= 11 is 0. The fourth-order valence-corrected chi connectivity index (χ4v) is 3.14. The van der Waals surface area contributed by atoms with E-state index in [0.29, 0.717) is 19.5 Å². The summed E-state index contributed by atoms with van der Waals surface area (Å²) in [5, 5.41) is 6.10. The fourth-order valence-electron chi connectivity index (χ4n) is 2.48. The molecule has 2 N–H and O–H groups in total. The topological polar surface area (TPSA) is 100 Å². The molecule has 1 rings (SSSR count). The number of carbonyl (C=O) groups excluding carboxylic acids is 1. The zero-order valence-electron chi connectivity index (χ0n) is 16.4. The molecule has 0 aliphatic carbocycles. The van der Waals surface area contributed by atoms with Crippen molar-refractivity contribution in [2.45, 2.75) is 52.2 Å². The molecule has 1 aliphatic rings. The van der Waals surface area contributed by atoms with Crippen LogP contribution in [0.4, 0.5) is 4.79 Å². The van der Waals surface area contributed by atoms with Crippen molar-refractivity contribution in [3.8, 4) is 0 Å². The minimum atomic E-state index is -2.96. The van der Waals surface area contributed by atoms with Gasteiger partial charge >= 0.3 is 6.09 Å². The number of hydrogen-bond donors (Lipinski definition) is 2. The Kier molecular flexibility index (Phi) is 10.8. The molecular weight excluding hydrogens is 471 g/mol. The zero-order chi connectivity index (χ0) is 19.1. The smallest absolute Gasteiger partial charge is 0.407 e. The number of aliphatic imine (C=N–C) groups is 1. The van der Waals surface area contributed by atoms with Gasteiger partial charge in [0.2, 0.25) is 0 Å². The molecule has 1 saturated heterocycles. The maximum absolute atomic E-state index is 11.9. The first-order valence-corrected chi connectivity index (χ1v) is 10.8. The molecule has 26 heavy (non-hydrogen) atoms. The highest BCUT2D eigenvalue weighted by Crippen LogP contribution is 2.12. The van der Waals surface area contributed by atoms with Gasteiger partial charge in [0.15, 0.2) is 5.96 Å². The summed E-state index contributed by atoms with van der Waals surface area (Å²) < 4.78 is 27.6. The highest BCUT2D eigenvalue weighted by molar-refractivity contribution is 14.0. The second-order valence-corrected chi connectivity index (χ2v) is 9.56. The van der Waals surface area contributed by atoms with Gasteiger partial charge in [-0.2, -0.15) is 0 Å². The Morgan fingerprint density at radius 3 is 2.54 bits per heavy atom. The Labute approximate surface area is 174 Å². The van der Waals surface area contributed by atoms with Crippen LogP contribution < -0.4 is 10.6 Å². The largest absolute Gasteiger partial charge is 0.444 e. The van der Waals surface area contributed by atoms with Gasteiger partial charge in [0, 0.05) is 32.4 Å². The molecule has 0 aromatic carbocycles. The second-order valence-electron chi connectivity index (χ2n) is 7.30. The molecule has 154 valence electrons. The molecule has 1 fully saturated rings.